The Hall–Kier alpha value is -4.28. The highest BCUT2D eigenvalue weighted by Gasteiger charge is 2.25. The van der Waals surface area contributed by atoms with Gasteiger partial charge in [0.1, 0.15) is 17.2 Å². The molecule has 2 aromatic heterocycles. The number of hydrogen-bond acceptors (Lipinski definition) is 7. The van der Waals surface area contributed by atoms with Crippen molar-refractivity contribution in [3.05, 3.63) is 64.9 Å². The molecule has 35 heavy (non-hydrogen) atoms. The van der Waals surface area contributed by atoms with Crippen molar-refractivity contribution in [2.75, 3.05) is 19.0 Å². The Morgan fingerprint density at radius 3 is 2.80 bits per heavy atom. The van der Waals surface area contributed by atoms with Gasteiger partial charge in [-0.3, -0.25) is 4.79 Å². The molecule has 1 aliphatic heterocycles. The van der Waals surface area contributed by atoms with Crippen LogP contribution in [0, 0.1) is 11.6 Å². The van der Waals surface area contributed by atoms with Crippen LogP contribution in [0.15, 0.2) is 36.4 Å². The van der Waals surface area contributed by atoms with Crippen molar-refractivity contribution >= 4 is 22.8 Å². The van der Waals surface area contributed by atoms with Crippen LogP contribution < -0.4 is 20.5 Å². The SMILES string of the molecule is COc1nc2c(C(N)=O)cc(F)cc2n1-c1nc2c(c(NCc3cccc(F)c3)n1)OCCCC2. The Morgan fingerprint density at radius 2 is 2.03 bits per heavy atom. The highest BCUT2D eigenvalue weighted by molar-refractivity contribution is 6.04. The number of benzene rings is 2. The molecule has 0 aliphatic carbocycles. The third-order valence-electron chi connectivity index (χ3n) is 5.67. The predicted molar refractivity (Wildman–Crippen MR) is 124 cm³/mol. The summed E-state index contributed by atoms with van der Waals surface area (Å²) in [6, 6.07) is 8.51. The number of amides is 1. The molecular formula is C24H22F2N6O3. The summed E-state index contributed by atoms with van der Waals surface area (Å²) in [7, 11) is 1.40. The molecule has 5 rings (SSSR count). The molecule has 0 bridgehead atoms. The molecule has 0 spiro atoms. The number of nitrogens with one attached hydrogen (secondary N) is 1. The molecule has 4 aromatic rings. The van der Waals surface area contributed by atoms with E-state index in [2.05, 4.69) is 20.3 Å². The number of halogens is 2. The summed E-state index contributed by atoms with van der Waals surface area (Å²) in [5, 5.41) is 3.21. The maximum Gasteiger partial charge on any atom is 0.304 e. The minimum atomic E-state index is -0.824. The third-order valence-corrected chi connectivity index (χ3v) is 5.67. The second-order valence-corrected chi connectivity index (χ2v) is 8.06. The molecule has 1 amide bonds. The Morgan fingerprint density at radius 1 is 1.17 bits per heavy atom. The first-order chi connectivity index (χ1) is 16.9. The summed E-state index contributed by atoms with van der Waals surface area (Å²) in [4.78, 5) is 25.6. The number of hydrogen-bond donors (Lipinski definition) is 2. The van der Waals surface area contributed by atoms with Crippen LogP contribution in [0.3, 0.4) is 0 Å². The van der Waals surface area contributed by atoms with Crippen molar-refractivity contribution < 1.29 is 23.0 Å². The summed E-state index contributed by atoms with van der Waals surface area (Å²) < 4.78 is 40.9. The Bertz CT molecular complexity index is 1440. The number of primary amides is 1. The van der Waals surface area contributed by atoms with E-state index >= 15 is 0 Å². The standard InChI is InChI=1S/C24H22F2N6O3/c1-34-24-30-19-16(21(27)33)10-15(26)11-18(19)32(24)23-29-17-7-2-3-8-35-20(17)22(31-23)28-12-13-5-4-6-14(25)9-13/h4-6,9-11H,2-3,7-8,12H2,1H3,(H2,27,33)(H,28,29,31). The predicted octanol–water partition coefficient (Wildman–Crippen LogP) is 3.53. The quantitative estimate of drug-likeness (QED) is 0.434. The van der Waals surface area contributed by atoms with Gasteiger partial charge in [0.25, 0.3) is 5.91 Å². The van der Waals surface area contributed by atoms with Gasteiger partial charge in [0.15, 0.2) is 11.6 Å². The van der Waals surface area contributed by atoms with E-state index in [4.69, 9.17) is 15.2 Å². The number of ether oxygens (including phenoxy) is 2. The minimum Gasteiger partial charge on any atom is -0.488 e. The van der Waals surface area contributed by atoms with Crippen LogP contribution in [0.5, 0.6) is 11.8 Å². The lowest BCUT2D eigenvalue weighted by atomic mass is 10.1. The summed E-state index contributed by atoms with van der Waals surface area (Å²) in [5.41, 5.74) is 7.12. The Balaban J connectivity index is 1.67. The van der Waals surface area contributed by atoms with Gasteiger partial charge in [-0.25, -0.2) is 18.3 Å². The maximum absolute atomic E-state index is 14.4. The molecule has 1 aliphatic rings. The van der Waals surface area contributed by atoms with E-state index in [1.165, 1.54) is 29.9 Å². The zero-order chi connectivity index (χ0) is 24.5. The highest BCUT2D eigenvalue weighted by Crippen LogP contribution is 2.34. The zero-order valence-electron chi connectivity index (χ0n) is 18.8. The molecular weight excluding hydrogens is 458 g/mol. The molecule has 0 radical (unpaired) electrons. The van der Waals surface area contributed by atoms with E-state index in [1.54, 1.807) is 12.1 Å². The van der Waals surface area contributed by atoms with E-state index in [1.807, 2.05) is 0 Å². The van der Waals surface area contributed by atoms with Crippen molar-refractivity contribution in [3.8, 4) is 17.7 Å². The first-order valence-corrected chi connectivity index (χ1v) is 11.0. The van der Waals surface area contributed by atoms with Crippen LogP contribution in [-0.2, 0) is 13.0 Å². The number of aryl methyl sites for hydroxylation is 1. The number of methoxy groups -OCH3 is 1. The number of rotatable bonds is 6. The molecule has 3 N–H and O–H groups in total. The fourth-order valence-corrected chi connectivity index (χ4v) is 4.07. The molecule has 9 nitrogen and oxygen atoms in total. The van der Waals surface area contributed by atoms with Crippen molar-refractivity contribution in [3.63, 3.8) is 0 Å². The lowest BCUT2D eigenvalue weighted by Gasteiger charge is -2.16. The average Bonchev–Trinajstić information content (AvgIpc) is 3.03. The number of anilines is 1. The first-order valence-electron chi connectivity index (χ1n) is 11.0. The van der Waals surface area contributed by atoms with Crippen LogP contribution in [-0.4, -0.2) is 39.1 Å². The highest BCUT2D eigenvalue weighted by atomic mass is 19.1. The number of aromatic nitrogens is 4. The lowest BCUT2D eigenvalue weighted by molar-refractivity contribution is 0.100. The van der Waals surface area contributed by atoms with E-state index in [0.717, 1.165) is 18.9 Å². The summed E-state index contributed by atoms with van der Waals surface area (Å²) in [6.07, 6.45) is 2.34. The molecule has 0 atom stereocenters. The number of nitrogens with two attached hydrogens (primary N) is 1. The monoisotopic (exact) mass is 480 g/mol. The Labute approximate surface area is 198 Å². The third kappa shape index (κ3) is 4.32. The lowest BCUT2D eigenvalue weighted by Crippen LogP contribution is -2.13. The molecule has 0 saturated carbocycles. The normalized spacial score (nSPS) is 13.1. The topological polar surface area (TPSA) is 117 Å². The van der Waals surface area contributed by atoms with Gasteiger partial charge in [0.2, 0.25) is 5.95 Å². The number of imidazole rings is 1. The molecule has 11 heteroatoms. The number of carbonyl (C=O) groups excluding carboxylic acids is 1. The molecule has 0 saturated heterocycles. The minimum absolute atomic E-state index is 0.0543. The van der Waals surface area contributed by atoms with Gasteiger partial charge < -0.3 is 20.5 Å². The van der Waals surface area contributed by atoms with E-state index < -0.39 is 11.7 Å². The smallest absolute Gasteiger partial charge is 0.304 e. The van der Waals surface area contributed by atoms with Gasteiger partial charge in [-0.05, 0) is 43.0 Å². The molecule has 0 unspecified atom stereocenters. The van der Waals surface area contributed by atoms with Crippen molar-refractivity contribution in [2.24, 2.45) is 5.73 Å². The van der Waals surface area contributed by atoms with Crippen molar-refractivity contribution in [1.82, 2.24) is 19.5 Å². The van der Waals surface area contributed by atoms with E-state index in [-0.39, 0.29) is 40.9 Å². The van der Waals surface area contributed by atoms with Crippen LogP contribution >= 0.6 is 0 Å². The van der Waals surface area contributed by atoms with Gasteiger partial charge >= 0.3 is 6.01 Å². The van der Waals surface area contributed by atoms with Gasteiger partial charge in [0.05, 0.1) is 30.5 Å². The molecule has 180 valence electrons. The summed E-state index contributed by atoms with van der Waals surface area (Å²) >= 11 is 0. The fourth-order valence-electron chi connectivity index (χ4n) is 4.07. The molecule has 3 heterocycles. The van der Waals surface area contributed by atoms with E-state index in [9.17, 15) is 13.6 Å². The summed E-state index contributed by atoms with van der Waals surface area (Å²) in [6.45, 7) is 0.793. The van der Waals surface area contributed by atoms with Crippen molar-refractivity contribution in [1.29, 1.82) is 0 Å². The molecule has 0 fully saturated rings. The largest absolute Gasteiger partial charge is 0.488 e. The number of fused-ring (bicyclic) bond motifs is 2. The van der Waals surface area contributed by atoms with Gasteiger partial charge in [-0.1, -0.05) is 12.1 Å². The zero-order valence-corrected chi connectivity index (χ0v) is 18.8. The average molecular weight is 480 g/mol. The van der Waals surface area contributed by atoms with E-state index in [0.29, 0.717) is 35.9 Å². The van der Waals surface area contributed by atoms with Gasteiger partial charge in [-0.15, -0.1) is 0 Å². The summed E-state index contributed by atoms with van der Waals surface area (Å²) in [5.74, 6) is -0.782. The van der Waals surface area contributed by atoms with Gasteiger partial charge in [-0.2, -0.15) is 9.97 Å². The van der Waals surface area contributed by atoms with Crippen LogP contribution in [0.4, 0.5) is 14.6 Å². The van der Waals surface area contributed by atoms with Crippen LogP contribution in [0.2, 0.25) is 0 Å². The maximum atomic E-state index is 14.4. The van der Waals surface area contributed by atoms with Gasteiger partial charge in [0, 0.05) is 12.6 Å². The second-order valence-electron chi connectivity index (χ2n) is 8.06. The van der Waals surface area contributed by atoms with Crippen molar-refractivity contribution in [2.45, 2.75) is 25.8 Å². The van der Waals surface area contributed by atoms with Crippen LogP contribution in [0.1, 0.15) is 34.5 Å². The first kappa shape index (κ1) is 22.5. The van der Waals surface area contributed by atoms with Crippen LogP contribution in [0.25, 0.3) is 17.0 Å². The fraction of sp³-hybridized carbons (Fsp3) is 0.250. The Kier molecular flexibility index (Phi) is 5.89. The number of nitrogens with zero attached hydrogens (tertiary/aromatic N) is 4. The molecule has 2 aromatic carbocycles. The number of carbonyl (C=O) groups is 1. The second kappa shape index (κ2) is 9.16.